The zero-order chi connectivity index (χ0) is 15.7. The molecule has 0 unspecified atom stereocenters. The predicted molar refractivity (Wildman–Crippen MR) is 83.0 cm³/mol. The molecule has 0 bridgehead atoms. The van der Waals surface area contributed by atoms with Crippen LogP contribution in [-0.2, 0) is 4.74 Å². The van der Waals surface area contributed by atoms with Crippen molar-refractivity contribution >= 4 is 28.0 Å². The van der Waals surface area contributed by atoms with Crippen molar-refractivity contribution in [2.75, 3.05) is 6.61 Å². The van der Waals surface area contributed by atoms with Gasteiger partial charge in [-0.05, 0) is 25.1 Å². The number of esters is 1. The van der Waals surface area contributed by atoms with Gasteiger partial charge in [0.2, 0.25) is 11.1 Å². The Labute approximate surface area is 125 Å². The second-order valence-electron chi connectivity index (χ2n) is 4.79. The van der Waals surface area contributed by atoms with Gasteiger partial charge in [-0.25, -0.2) is 9.78 Å². The van der Waals surface area contributed by atoms with Crippen molar-refractivity contribution in [3.63, 3.8) is 0 Å². The summed E-state index contributed by atoms with van der Waals surface area (Å²) in [4.78, 5) is 28.7. The lowest BCUT2D eigenvalue weighted by atomic mass is 10.1. The van der Waals surface area contributed by atoms with Gasteiger partial charge in [-0.15, -0.1) is 0 Å². The first kappa shape index (κ1) is 14.0. The number of nitrogens with zero attached hydrogens (tertiary/aromatic N) is 1. The summed E-state index contributed by atoms with van der Waals surface area (Å²) in [6.45, 7) is 5.25. The first-order valence-electron chi connectivity index (χ1n) is 6.73. The molecule has 0 saturated heterocycles. The van der Waals surface area contributed by atoms with E-state index in [2.05, 4.69) is 11.6 Å². The highest BCUT2D eigenvalue weighted by Crippen LogP contribution is 2.19. The average molecular weight is 295 g/mol. The number of benzene rings is 1. The molecule has 1 aromatic carbocycles. The van der Waals surface area contributed by atoms with E-state index in [0.29, 0.717) is 16.7 Å². The Balaban J connectivity index is 2.26. The van der Waals surface area contributed by atoms with Crippen LogP contribution >= 0.6 is 0 Å². The Bertz CT molecular complexity index is 956. The fraction of sp³-hybridized carbons (Fsp3) is 0.118. The first-order valence-corrected chi connectivity index (χ1v) is 6.73. The number of para-hydroxylation sites is 1. The van der Waals surface area contributed by atoms with E-state index in [1.807, 2.05) is 0 Å². The van der Waals surface area contributed by atoms with E-state index in [4.69, 9.17) is 9.15 Å². The van der Waals surface area contributed by atoms with Crippen LogP contribution in [0.3, 0.4) is 0 Å². The number of pyridine rings is 1. The molecule has 5 nitrogen and oxygen atoms in total. The molecular weight excluding hydrogens is 282 g/mol. The lowest BCUT2D eigenvalue weighted by molar-refractivity contribution is 0.0548. The van der Waals surface area contributed by atoms with Crippen molar-refractivity contribution in [1.82, 2.24) is 4.98 Å². The molecule has 0 aliphatic carbocycles. The normalized spacial score (nSPS) is 10.8. The average Bonchev–Trinajstić information content (AvgIpc) is 2.52. The number of rotatable bonds is 3. The minimum Gasteiger partial charge on any atom is -0.458 e. The predicted octanol–water partition coefficient (Wildman–Crippen LogP) is 2.99. The molecule has 0 fully saturated rings. The van der Waals surface area contributed by atoms with E-state index in [9.17, 15) is 9.59 Å². The van der Waals surface area contributed by atoms with Gasteiger partial charge in [-0.1, -0.05) is 24.8 Å². The van der Waals surface area contributed by atoms with Crippen molar-refractivity contribution in [2.24, 2.45) is 0 Å². The second-order valence-corrected chi connectivity index (χ2v) is 4.79. The van der Waals surface area contributed by atoms with Gasteiger partial charge in [0.15, 0.2) is 0 Å². The fourth-order valence-corrected chi connectivity index (χ4v) is 2.24. The van der Waals surface area contributed by atoms with Crippen LogP contribution in [0, 0.1) is 6.92 Å². The third-order valence-electron chi connectivity index (χ3n) is 3.31. The second kappa shape index (κ2) is 5.44. The van der Waals surface area contributed by atoms with Crippen molar-refractivity contribution in [2.45, 2.75) is 6.92 Å². The summed E-state index contributed by atoms with van der Waals surface area (Å²) in [7, 11) is 0. The molecule has 0 radical (unpaired) electrons. The molecule has 3 aromatic rings. The summed E-state index contributed by atoms with van der Waals surface area (Å²) in [5.74, 6) is -0.542. The molecule has 0 aliphatic heterocycles. The van der Waals surface area contributed by atoms with E-state index in [-0.39, 0.29) is 28.7 Å². The van der Waals surface area contributed by atoms with Crippen molar-refractivity contribution in [1.29, 1.82) is 0 Å². The van der Waals surface area contributed by atoms with Crippen LogP contribution in [0.25, 0.3) is 22.1 Å². The molecule has 0 N–H and O–H groups in total. The van der Waals surface area contributed by atoms with Crippen LogP contribution in [-0.4, -0.2) is 17.6 Å². The molecule has 22 heavy (non-hydrogen) atoms. The number of aromatic nitrogens is 1. The summed E-state index contributed by atoms with van der Waals surface area (Å²) < 4.78 is 10.6. The lowest BCUT2D eigenvalue weighted by Crippen LogP contribution is -2.11. The Kier molecular flexibility index (Phi) is 3.47. The molecule has 2 heterocycles. The summed E-state index contributed by atoms with van der Waals surface area (Å²) in [6, 6.07) is 8.40. The summed E-state index contributed by atoms with van der Waals surface area (Å²) >= 11 is 0. The van der Waals surface area contributed by atoms with Gasteiger partial charge in [0, 0.05) is 0 Å². The Morgan fingerprint density at radius 3 is 2.91 bits per heavy atom. The van der Waals surface area contributed by atoms with E-state index < -0.39 is 5.97 Å². The lowest BCUT2D eigenvalue weighted by Gasteiger charge is -2.07. The maximum Gasteiger partial charge on any atom is 0.340 e. The van der Waals surface area contributed by atoms with Crippen LogP contribution in [0.4, 0.5) is 0 Å². The Hall–Kier alpha value is -2.95. The maximum absolute atomic E-state index is 12.5. The summed E-state index contributed by atoms with van der Waals surface area (Å²) in [6.07, 6.45) is 1.48. The molecule has 2 aromatic heterocycles. The first-order chi connectivity index (χ1) is 10.6. The van der Waals surface area contributed by atoms with E-state index >= 15 is 0 Å². The van der Waals surface area contributed by atoms with Crippen molar-refractivity contribution in [3.05, 3.63) is 64.5 Å². The fourth-order valence-electron chi connectivity index (χ4n) is 2.24. The molecule has 3 rings (SSSR count). The largest absolute Gasteiger partial charge is 0.458 e. The van der Waals surface area contributed by atoms with Crippen LogP contribution in [0.5, 0.6) is 0 Å². The van der Waals surface area contributed by atoms with E-state index in [1.54, 1.807) is 31.2 Å². The molecule has 0 atom stereocenters. The smallest absolute Gasteiger partial charge is 0.340 e. The van der Waals surface area contributed by atoms with Gasteiger partial charge >= 0.3 is 5.97 Å². The van der Waals surface area contributed by atoms with Gasteiger partial charge in [0.1, 0.15) is 12.2 Å². The molecule has 0 spiro atoms. The molecule has 0 saturated carbocycles. The Morgan fingerprint density at radius 2 is 2.14 bits per heavy atom. The van der Waals surface area contributed by atoms with Crippen LogP contribution < -0.4 is 5.43 Å². The number of carbonyl (C=O) groups is 1. The van der Waals surface area contributed by atoms with E-state index in [0.717, 1.165) is 0 Å². The third-order valence-corrected chi connectivity index (χ3v) is 3.31. The number of hydrogen-bond donors (Lipinski definition) is 0. The molecule has 110 valence electrons. The van der Waals surface area contributed by atoms with E-state index in [1.165, 1.54) is 12.1 Å². The number of fused-ring (bicyclic) bond motifs is 2. The SMILES string of the molecule is C=CCOC(=O)c1cc2c(=O)c3ccccc3oc2nc1C. The topological polar surface area (TPSA) is 69.4 Å². The van der Waals surface area contributed by atoms with Gasteiger partial charge in [0.05, 0.1) is 22.0 Å². The van der Waals surface area contributed by atoms with Crippen molar-refractivity contribution in [3.8, 4) is 0 Å². The van der Waals surface area contributed by atoms with Gasteiger partial charge in [-0.2, -0.15) is 0 Å². The molecule has 0 amide bonds. The minimum atomic E-state index is -0.542. The number of hydrogen-bond acceptors (Lipinski definition) is 5. The monoisotopic (exact) mass is 295 g/mol. The molecular formula is C17H13NO4. The van der Waals surface area contributed by atoms with Crippen LogP contribution in [0.1, 0.15) is 16.1 Å². The molecule has 0 aliphatic rings. The minimum absolute atomic E-state index is 0.0998. The maximum atomic E-state index is 12.5. The highest BCUT2D eigenvalue weighted by atomic mass is 16.5. The number of ether oxygens (including phenoxy) is 1. The van der Waals surface area contributed by atoms with Gasteiger partial charge in [0.25, 0.3) is 0 Å². The summed E-state index contributed by atoms with van der Waals surface area (Å²) in [5, 5.41) is 0.709. The van der Waals surface area contributed by atoms with Gasteiger partial charge in [-0.3, -0.25) is 4.79 Å². The zero-order valence-electron chi connectivity index (χ0n) is 12.0. The number of carbonyl (C=O) groups excluding carboxylic acids is 1. The highest BCUT2D eigenvalue weighted by molar-refractivity contribution is 5.96. The molecule has 5 heteroatoms. The van der Waals surface area contributed by atoms with Crippen LogP contribution in [0.15, 0.2) is 52.2 Å². The highest BCUT2D eigenvalue weighted by Gasteiger charge is 2.16. The quantitative estimate of drug-likeness (QED) is 0.422. The summed E-state index contributed by atoms with van der Waals surface area (Å²) in [5.41, 5.74) is 1.15. The number of aryl methyl sites for hydroxylation is 1. The van der Waals surface area contributed by atoms with Crippen LogP contribution in [0.2, 0.25) is 0 Å². The van der Waals surface area contributed by atoms with Crippen molar-refractivity contribution < 1.29 is 13.9 Å². The standard InChI is InChI=1S/C17H13NO4/c1-3-8-21-17(20)12-9-13-15(19)11-6-4-5-7-14(11)22-16(13)18-10(12)2/h3-7,9H,1,8H2,2H3. The third kappa shape index (κ3) is 2.26. The Morgan fingerprint density at radius 1 is 1.36 bits per heavy atom. The zero-order valence-corrected chi connectivity index (χ0v) is 12.0. The van der Waals surface area contributed by atoms with Gasteiger partial charge < -0.3 is 9.15 Å².